The van der Waals surface area contributed by atoms with Crippen LogP contribution in [0.4, 0.5) is 4.79 Å². The summed E-state index contributed by atoms with van der Waals surface area (Å²) in [6.45, 7) is 11.9. The Bertz CT molecular complexity index is 449. The third kappa shape index (κ3) is 5.40. The summed E-state index contributed by atoms with van der Waals surface area (Å²) in [5.41, 5.74) is 0.527. The highest BCUT2D eigenvalue weighted by molar-refractivity contribution is 5.68. The van der Waals surface area contributed by atoms with E-state index in [2.05, 4.69) is 28.7 Å². The number of imidazole rings is 1. The normalized spacial score (nSPS) is 14.6. The summed E-state index contributed by atoms with van der Waals surface area (Å²) in [6.07, 6.45) is 6.57. The van der Waals surface area contributed by atoms with Crippen molar-refractivity contribution in [3.05, 3.63) is 18.2 Å². The van der Waals surface area contributed by atoms with Gasteiger partial charge in [-0.05, 0) is 40.5 Å². The second-order valence-corrected chi connectivity index (χ2v) is 6.44. The summed E-state index contributed by atoms with van der Waals surface area (Å²) in [4.78, 5) is 16.1. The molecular formula is C16H29N3O2. The molecule has 0 fully saturated rings. The minimum absolute atomic E-state index is 0.131. The molecule has 5 heteroatoms. The number of rotatable bonds is 6. The van der Waals surface area contributed by atoms with Crippen molar-refractivity contribution in [2.75, 3.05) is 0 Å². The summed E-state index contributed by atoms with van der Waals surface area (Å²) in [5.74, 6) is 0. The van der Waals surface area contributed by atoms with Crippen LogP contribution < -0.4 is 5.32 Å². The number of hydrogen-bond donors (Lipinski definition) is 1. The number of hydrogen-bond acceptors (Lipinski definition) is 3. The van der Waals surface area contributed by atoms with Gasteiger partial charge in [0.15, 0.2) is 0 Å². The van der Waals surface area contributed by atoms with E-state index in [1.54, 1.807) is 0 Å². The van der Waals surface area contributed by atoms with Crippen LogP contribution in [0.15, 0.2) is 12.5 Å². The molecule has 120 valence electrons. The molecule has 1 rings (SSSR count). The van der Waals surface area contributed by atoms with Crippen LogP contribution in [-0.2, 0) is 4.74 Å². The van der Waals surface area contributed by atoms with Gasteiger partial charge in [-0.1, -0.05) is 20.3 Å². The van der Waals surface area contributed by atoms with Gasteiger partial charge in [0.25, 0.3) is 0 Å². The Morgan fingerprint density at radius 2 is 2.10 bits per heavy atom. The Hall–Kier alpha value is -1.52. The number of amides is 1. The summed E-state index contributed by atoms with van der Waals surface area (Å²) < 4.78 is 7.47. The summed E-state index contributed by atoms with van der Waals surface area (Å²) in [5, 5.41) is 2.88. The first-order chi connectivity index (χ1) is 9.78. The van der Waals surface area contributed by atoms with Crippen LogP contribution in [0.1, 0.15) is 78.6 Å². The largest absolute Gasteiger partial charge is 0.444 e. The van der Waals surface area contributed by atoms with Gasteiger partial charge < -0.3 is 14.6 Å². The highest BCUT2D eigenvalue weighted by Crippen LogP contribution is 2.23. The monoisotopic (exact) mass is 295 g/mol. The Balaban J connectivity index is 2.77. The highest BCUT2D eigenvalue weighted by Gasteiger charge is 2.21. The number of alkyl carbamates (subject to hydrolysis) is 1. The zero-order valence-corrected chi connectivity index (χ0v) is 14.1. The molecule has 1 heterocycles. The predicted molar refractivity (Wildman–Crippen MR) is 84.2 cm³/mol. The molecule has 0 radical (unpaired) electrons. The predicted octanol–water partition coefficient (Wildman–Crippen LogP) is 4.22. The molecule has 5 nitrogen and oxygen atoms in total. The number of ether oxygens (including phenoxy) is 1. The van der Waals surface area contributed by atoms with E-state index in [0.717, 1.165) is 25.0 Å². The topological polar surface area (TPSA) is 56.2 Å². The summed E-state index contributed by atoms with van der Waals surface area (Å²) >= 11 is 0. The third-order valence-electron chi connectivity index (χ3n) is 3.36. The van der Waals surface area contributed by atoms with Gasteiger partial charge in [-0.15, -0.1) is 0 Å². The zero-order chi connectivity index (χ0) is 16.0. The van der Waals surface area contributed by atoms with E-state index in [4.69, 9.17) is 4.74 Å². The molecule has 0 bridgehead atoms. The molecule has 1 unspecified atom stereocenters. The molecule has 0 aliphatic heterocycles. The van der Waals surface area contributed by atoms with E-state index in [-0.39, 0.29) is 6.04 Å². The first-order valence-electron chi connectivity index (χ1n) is 7.79. The minimum atomic E-state index is -0.488. The quantitative estimate of drug-likeness (QED) is 0.855. The van der Waals surface area contributed by atoms with Crippen LogP contribution in [0.2, 0.25) is 0 Å². The van der Waals surface area contributed by atoms with E-state index in [0.29, 0.717) is 6.04 Å². The first-order valence-corrected chi connectivity index (χ1v) is 7.79. The standard InChI is InChI=1S/C16H29N3O2/c1-7-9-13(8-2)19-11-17-10-14(19)12(3)18-15(20)21-16(4,5)6/h10-13H,7-9H2,1-6H3,(H,18,20)/t12-,13?/m0/s1. The highest BCUT2D eigenvalue weighted by atomic mass is 16.6. The Kier molecular flexibility index (Phi) is 6.24. The fourth-order valence-electron chi connectivity index (χ4n) is 2.39. The van der Waals surface area contributed by atoms with E-state index >= 15 is 0 Å². The lowest BCUT2D eigenvalue weighted by atomic mass is 10.1. The van der Waals surface area contributed by atoms with Crippen molar-refractivity contribution in [1.29, 1.82) is 0 Å². The maximum absolute atomic E-state index is 11.9. The molecule has 0 spiro atoms. The van der Waals surface area contributed by atoms with Crippen LogP contribution in [0.25, 0.3) is 0 Å². The second kappa shape index (κ2) is 7.48. The number of nitrogens with zero attached hydrogens (tertiary/aromatic N) is 2. The van der Waals surface area contributed by atoms with Crippen molar-refractivity contribution >= 4 is 6.09 Å². The summed E-state index contributed by atoms with van der Waals surface area (Å²) in [7, 11) is 0. The molecular weight excluding hydrogens is 266 g/mol. The van der Waals surface area contributed by atoms with Crippen LogP contribution in [-0.4, -0.2) is 21.2 Å². The second-order valence-electron chi connectivity index (χ2n) is 6.44. The van der Waals surface area contributed by atoms with E-state index < -0.39 is 11.7 Å². The molecule has 1 amide bonds. The van der Waals surface area contributed by atoms with Crippen molar-refractivity contribution in [2.24, 2.45) is 0 Å². The minimum Gasteiger partial charge on any atom is -0.444 e. The SMILES string of the molecule is CCCC(CC)n1cncc1[C@H](C)NC(=O)OC(C)(C)C. The zero-order valence-electron chi connectivity index (χ0n) is 14.1. The molecule has 0 aromatic carbocycles. The van der Waals surface area contributed by atoms with E-state index in [1.165, 1.54) is 0 Å². The van der Waals surface area contributed by atoms with Gasteiger partial charge in [-0.25, -0.2) is 9.78 Å². The Morgan fingerprint density at radius 3 is 2.62 bits per heavy atom. The van der Waals surface area contributed by atoms with Gasteiger partial charge in [-0.3, -0.25) is 0 Å². The Labute approximate surface area is 128 Å². The van der Waals surface area contributed by atoms with Crippen LogP contribution >= 0.6 is 0 Å². The van der Waals surface area contributed by atoms with Crippen molar-refractivity contribution in [1.82, 2.24) is 14.9 Å². The number of carbonyl (C=O) groups excluding carboxylic acids is 1. The van der Waals surface area contributed by atoms with Crippen LogP contribution in [0, 0.1) is 0 Å². The lowest BCUT2D eigenvalue weighted by Crippen LogP contribution is -2.34. The van der Waals surface area contributed by atoms with Gasteiger partial charge in [0.05, 0.1) is 24.3 Å². The number of carbonyl (C=O) groups is 1. The van der Waals surface area contributed by atoms with Crippen molar-refractivity contribution < 1.29 is 9.53 Å². The first kappa shape index (κ1) is 17.5. The molecule has 0 saturated heterocycles. The smallest absolute Gasteiger partial charge is 0.408 e. The van der Waals surface area contributed by atoms with Crippen molar-refractivity contribution in [3.63, 3.8) is 0 Å². The molecule has 0 aliphatic carbocycles. The fourth-order valence-corrected chi connectivity index (χ4v) is 2.39. The number of aromatic nitrogens is 2. The van der Waals surface area contributed by atoms with Gasteiger partial charge >= 0.3 is 6.09 Å². The average molecular weight is 295 g/mol. The molecule has 1 N–H and O–H groups in total. The van der Waals surface area contributed by atoms with Crippen molar-refractivity contribution in [2.45, 2.75) is 78.5 Å². The third-order valence-corrected chi connectivity index (χ3v) is 3.36. The fraction of sp³-hybridized carbons (Fsp3) is 0.750. The van der Waals surface area contributed by atoms with Gasteiger partial charge in [0.2, 0.25) is 0 Å². The molecule has 1 aromatic heterocycles. The number of nitrogens with one attached hydrogen (secondary N) is 1. The summed E-state index contributed by atoms with van der Waals surface area (Å²) in [6, 6.07) is 0.295. The lowest BCUT2D eigenvalue weighted by molar-refractivity contribution is 0.0505. The van der Waals surface area contributed by atoms with Gasteiger partial charge in [-0.2, -0.15) is 0 Å². The lowest BCUT2D eigenvalue weighted by Gasteiger charge is -2.24. The van der Waals surface area contributed by atoms with E-state index in [9.17, 15) is 4.79 Å². The van der Waals surface area contributed by atoms with Gasteiger partial charge in [0, 0.05) is 6.04 Å². The molecule has 2 atom stereocenters. The van der Waals surface area contributed by atoms with E-state index in [1.807, 2.05) is 40.2 Å². The Morgan fingerprint density at radius 1 is 1.43 bits per heavy atom. The molecule has 21 heavy (non-hydrogen) atoms. The van der Waals surface area contributed by atoms with Crippen molar-refractivity contribution in [3.8, 4) is 0 Å². The molecule has 0 saturated carbocycles. The van der Waals surface area contributed by atoms with Crippen LogP contribution in [0.5, 0.6) is 0 Å². The average Bonchev–Trinajstić information content (AvgIpc) is 2.82. The van der Waals surface area contributed by atoms with Gasteiger partial charge in [0.1, 0.15) is 5.60 Å². The van der Waals surface area contributed by atoms with Crippen LogP contribution in [0.3, 0.4) is 0 Å². The molecule has 0 aliphatic rings. The molecule has 1 aromatic rings. The maximum atomic E-state index is 11.9. The maximum Gasteiger partial charge on any atom is 0.408 e.